The van der Waals surface area contributed by atoms with Crippen molar-refractivity contribution >= 4 is 5.95 Å². The second-order valence-corrected chi connectivity index (χ2v) is 3.80. The number of halogens is 3. The maximum absolute atomic E-state index is 12.9. The van der Waals surface area contributed by atoms with Crippen LogP contribution in [0.4, 0.5) is 19.1 Å². The number of hydrogen-bond acceptors (Lipinski definition) is 3. The van der Waals surface area contributed by atoms with E-state index in [4.69, 9.17) is 5.73 Å². The average Bonchev–Trinajstić information content (AvgIpc) is 2.31. The number of anilines is 1. The highest BCUT2D eigenvalue weighted by Crippen LogP contribution is 2.37. The van der Waals surface area contributed by atoms with Gasteiger partial charge in [0.2, 0.25) is 5.95 Å². The molecule has 0 saturated carbocycles. The van der Waals surface area contributed by atoms with Crippen molar-refractivity contribution in [2.75, 3.05) is 5.73 Å². The molecule has 2 N–H and O–H groups in total. The van der Waals surface area contributed by atoms with Gasteiger partial charge in [-0.3, -0.25) is 0 Å². The zero-order valence-corrected chi connectivity index (χ0v) is 9.49. The molecule has 2 rings (SSSR count). The summed E-state index contributed by atoms with van der Waals surface area (Å²) in [6.45, 7) is 1.64. The minimum Gasteiger partial charge on any atom is -0.368 e. The predicted octanol–water partition coefficient (Wildman–Crippen LogP) is 3.05. The van der Waals surface area contributed by atoms with Gasteiger partial charge in [0.15, 0.2) is 0 Å². The Labute approximate surface area is 101 Å². The summed E-state index contributed by atoms with van der Waals surface area (Å²) in [7, 11) is 0. The molecular weight excluding hydrogens is 243 g/mol. The number of aryl methyl sites for hydroxylation is 1. The largest absolute Gasteiger partial charge is 0.417 e. The summed E-state index contributed by atoms with van der Waals surface area (Å²) in [6, 6.07) is 5.26. The SMILES string of the molecule is Cc1cnc(N)nc1-c1ccccc1C(F)(F)F. The van der Waals surface area contributed by atoms with Gasteiger partial charge >= 0.3 is 6.18 Å². The van der Waals surface area contributed by atoms with Crippen molar-refractivity contribution in [2.24, 2.45) is 0 Å². The Hall–Kier alpha value is -2.11. The van der Waals surface area contributed by atoms with Crippen molar-refractivity contribution in [3.8, 4) is 11.3 Å². The number of benzene rings is 1. The third-order valence-electron chi connectivity index (χ3n) is 2.48. The summed E-state index contributed by atoms with van der Waals surface area (Å²) in [5, 5.41) is 0. The second-order valence-electron chi connectivity index (χ2n) is 3.80. The smallest absolute Gasteiger partial charge is 0.368 e. The molecule has 0 saturated heterocycles. The van der Waals surface area contributed by atoms with Gasteiger partial charge in [0.25, 0.3) is 0 Å². The molecule has 18 heavy (non-hydrogen) atoms. The van der Waals surface area contributed by atoms with Gasteiger partial charge in [-0.05, 0) is 18.6 Å². The van der Waals surface area contributed by atoms with Crippen LogP contribution in [0, 0.1) is 6.92 Å². The summed E-state index contributed by atoms with van der Waals surface area (Å²) < 4.78 is 38.7. The number of rotatable bonds is 1. The van der Waals surface area contributed by atoms with Crippen LogP contribution in [0.1, 0.15) is 11.1 Å². The third kappa shape index (κ3) is 2.27. The number of alkyl halides is 3. The van der Waals surface area contributed by atoms with Crippen LogP contribution in [0.25, 0.3) is 11.3 Å². The number of hydrogen-bond donors (Lipinski definition) is 1. The van der Waals surface area contributed by atoms with E-state index in [9.17, 15) is 13.2 Å². The quantitative estimate of drug-likeness (QED) is 0.849. The fraction of sp³-hybridized carbons (Fsp3) is 0.167. The zero-order chi connectivity index (χ0) is 13.3. The zero-order valence-electron chi connectivity index (χ0n) is 9.49. The van der Waals surface area contributed by atoms with Crippen molar-refractivity contribution in [3.05, 3.63) is 41.6 Å². The highest BCUT2D eigenvalue weighted by atomic mass is 19.4. The van der Waals surface area contributed by atoms with Gasteiger partial charge in [-0.15, -0.1) is 0 Å². The van der Waals surface area contributed by atoms with E-state index < -0.39 is 11.7 Å². The Morgan fingerprint density at radius 2 is 1.83 bits per heavy atom. The molecule has 3 nitrogen and oxygen atoms in total. The van der Waals surface area contributed by atoms with Crippen molar-refractivity contribution < 1.29 is 13.2 Å². The molecule has 0 spiro atoms. The minimum absolute atomic E-state index is 0.0107. The van der Waals surface area contributed by atoms with E-state index in [-0.39, 0.29) is 17.2 Å². The highest BCUT2D eigenvalue weighted by Gasteiger charge is 2.33. The van der Waals surface area contributed by atoms with Crippen LogP contribution >= 0.6 is 0 Å². The summed E-state index contributed by atoms with van der Waals surface area (Å²) in [5.74, 6) is -0.0485. The molecule has 94 valence electrons. The fourth-order valence-electron chi connectivity index (χ4n) is 1.67. The van der Waals surface area contributed by atoms with Crippen LogP contribution in [0.5, 0.6) is 0 Å². The first kappa shape index (κ1) is 12.3. The summed E-state index contributed by atoms with van der Waals surface area (Å²) >= 11 is 0. The van der Waals surface area contributed by atoms with Crippen LogP contribution < -0.4 is 5.73 Å². The van der Waals surface area contributed by atoms with Crippen molar-refractivity contribution in [1.29, 1.82) is 0 Å². The van der Waals surface area contributed by atoms with Crippen LogP contribution in [-0.4, -0.2) is 9.97 Å². The Morgan fingerprint density at radius 3 is 2.50 bits per heavy atom. The molecule has 0 amide bonds. The van der Waals surface area contributed by atoms with E-state index in [0.29, 0.717) is 5.56 Å². The van der Waals surface area contributed by atoms with Gasteiger partial charge in [-0.25, -0.2) is 9.97 Å². The maximum atomic E-state index is 12.9. The Kier molecular flexibility index (Phi) is 2.94. The third-order valence-corrected chi connectivity index (χ3v) is 2.48. The maximum Gasteiger partial charge on any atom is 0.417 e. The van der Waals surface area contributed by atoms with Crippen LogP contribution in [0.3, 0.4) is 0 Å². The monoisotopic (exact) mass is 253 g/mol. The molecule has 1 aromatic carbocycles. The average molecular weight is 253 g/mol. The first-order chi connectivity index (χ1) is 8.39. The van der Waals surface area contributed by atoms with Crippen molar-refractivity contribution in [3.63, 3.8) is 0 Å². The first-order valence-electron chi connectivity index (χ1n) is 5.15. The molecule has 0 radical (unpaired) electrons. The molecule has 0 atom stereocenters. The van der Waals surface area contributed by atoms with E-state index >= 15 is 0 Å². The lowest BCUT2D eigenvalue weighted by atomic mass is 10.0. The van der Waals surface area contributed by atoms with E-state index in [2.05, 4.69) is 9.97 Å². The summed E-state index contributed by atoms with van der Waals surface area (Å²) in [6.07, 6.45) is -3.02. The fourth-order valence-corrected chi connectivity index (χ4v) is 1.67. The Bertz CT molecular complexity index is 579. The van der Waals surface area contributed by atoms with Crippen LogP contribution in [-0.2, 0) is 6.18 Å². The molecule has 0 aliphatic rings. The molecule has 2 aromatic rings. The first-order valence-corrected chi connectivity index (χ1v) is 5.15. The number of nitrogens with two attached hydrogens (primary N) is 1. The topological polar surface area (TPSA) is 51.8 Å². The Morgan fingerprint density at radius 1 is 1.17 bits per heavy atom. The van der Waals surface area contributed by atoms with Gasteiger partial charge in [-0.2, -0.15) is 13.2 Å². The molecule has 0 aliphatic heterocycles. The molecule has 0 aliphatic carbocycles. The molecule has 1 heterocycles. The minimum atomic E-state index is -4.43. The lowest BCUT2D eigenvalue weighted by molar-refractivity contribution is -0.137. The lowest BCUT2D eigenvalue weighted by Crippen LogP contribution is -2.08. The molecule has 6 heteroatoms. The molecule has 0 fully saturated rings. The molecule has 0 unspecified atom stereocenters. The predicted molar refractivity (Wildman–Crippen MR) is 61.6 cm³/mol. The van der Waals surface area contributed by atoms with Gasteiger partial charge in [0.05, 0.1) is 11.3 Å². The number of aromatic nitrogens is 2. The lowest BCUT2D eigenvalue weighted by Gasteiger charge is -2.13. The van der Waals surface area contributed by atoms with Gasteiger partial charge in [-0.1, -0.05) is 18.2 Å². The van der Waals surface area contributed by atoms with Crippen molar-refractivity contribution in [2.45, 2.75) is 13.1 Å². The highest BCUT2D eigenvalue weighted by molar-refractivity contribution is 5.67. The molecular formula is C12H10F3N3. The van der Waals surface area contributed by atoms with Gasteiger partial charge < -0.3 is 5.73 Å². The second kappa shape index (κ2) is 4.29. The summed E-state index contributed by atoms with van der Waals surface area (Å²) in [4.78, 5) is 7.63. The van der Waals surface area contributed by atoms with Crippen molar-refractivity contribution in [1.82, 2.24) is 9.97 Å². The van der Waals surface area contributed by atoms with E-state index in [1.165, 1.54) is 24.4 Å². The van der Waals surface area contributed by atoms with E-state index in [1.807, 2.05) is 0 Å². The van der Waals surface area contributed by atoms with Gasteiger partial charge in [0.1, 0.15) is 0 Å². The number of nitrogens with zero attached hydrogens (tertiary/aromatic N) is 2. The normalized spacial score (nSPS) is 11.6. The Balaban J connectivity index is 2.68. The van der Waals surface area contributed by atoms with E-state index in [0.717, 1.165) is 6.07 Å². The van der Waals surface area contributed by atoms with E-state index in [1.54, 1.807) is 6.92 Å². The van der Waals surface area contributed by atoms with Crippen LogP contribution in [0.15, 0.2) is 30.5 Å². The number of nitrogen functional groups attached to an aromatic ring is 1. The van der Waals surface area contributed by atoms with Gasteiger partial charge in [0, 0.05) is 11.8 Å². The van der Waals surface area contributed by atoms with Crippen LogP contribution in [0.2, 0.25) is 0 Å². The molecule has 0 bridgehead atoms. The molecule has 1 aromatic heterocycles. The summed E-state index contributed by atoms with van der Waals surface area (Å²) in [5.41, 5.74) is 5.45. The standard InChI is InChI=1S/C12H10F3N3/c1-7-6-17-11(16)18-10(7)8-4-2-3-5-9(8)12(13,14)15/h2-6H,1H3,(H2,16,17,18).